The summed E-state index contributed by atoms with van der Waals surface area (Å²) in [5.74, 6) is -0.878. The van der Waals surface area contributed by atoms with Crippen molar-refractivity contribution in [2.45, 2.75) is 51.4 Å². The fourth-order valence-electron chi connectivity index (χ4n) is 7.15. The van der Waals surface area contributed by atoms with Crippen LogP contribution < -0.4 is 0 Å². The van der Waals surface area contributed by atoms with E-state index in [2.05, 4.69) is 26.8 Å². The third-order valence-corrected chi connectivity index (χ3v) is 9.11. The number of hydrogen-bond donors (Lipinski definition) is 0. The molecule has 0 fully saturated rings. The molecule has 1 unspecified atom stereocenters. The quantitative estimate of drug-likeness (QED) is 0.204. The number of allylic oxidation sites excluding steroid dienone is 4. The Labute approximate surface area is 253 Å². The molecule has 0 saturated carbocycles. The number of rotatable bonds is 4. The zero-order chi connectivity index (χ0) is 31.7. The van der Waals surface area contributed by atoms with E-state index in [9.17, 15) is 26.3 Å². The molecule has 0 bridgehead atoms. The molecular weight excluding hydrogens is 570 g/mol. The minimum Gasteiger partial charge on any atom is -0.166 e. The monoisotopic (exact) mass is 602 g/mol. The topological polar surface area (TPSA) is 0 Å². The van der Waals surface area contributed by atoms with E-state index in [0.717, 1.165) is 57.7 Å². The second-order valence-electron chi connectivity index (χ2n) is 12.8. The maximum Gasteiger partial charge on any atom is 0.416 e. The highest BCUT2D eigenvalue weighted by Gasteiger charge is 2.53. The zero-order valence-corrected chi connectivity index (χ0v) is 24.8. The molecule has 6 rings (SSSR count). The third-order valence-electron chi connectivity index (χ3n) is 9.11. The van der Waals surface area contributed by atoms with Crippen molar-refractivity contribution in [1.82, 2.24) is 0 Å². The molecule has 6 heteroatoms. The van der Waals surface area contributed by atoms with E-state index in [1.807, 2.05) is 61.5 Å². The summed E-state index contributed by atoms with van der Waals surface area (Å²) in [6.45, 7) is 8.15. The van der Waals surface area contributed by atoms with Crippen molar-refractivity contribution in [3.63, 3.8) is 0 Å². The van der Waals surface area contributed by atoms with Crippen molar-refractivity contribution in [3.8, 4) is 11.1 Å². The summed E-state index contributed by atoms with van der Waals surface area (Å²) < 4.78 is 86.0. The Morgan fingerprint density at radius 2 is 0.977 bits per heavy atom. The van der Waals surface area contributed by atoms with Crippen LogP contribution in [0.2, 0.25) is 0 Å². The van der Waals surface area contributed by atoms with Gasteiger partial charge in [-0.2, -0.15) is 26.3 Å². The van der Waals surface area contributed by atoms with E-state index >= 15 is 0 Å². The summed E-state index contributed by atoms with van der Waals surface area (Å²) in [5.41, 5.74) is 2.50. The zero-order valence-electron chi connectivity index (χ0n) is 24.8. The molecule has 2 aliphatic carbocycles. The molecule has 44 heavy (non-hydrogen) atoms. The maximum atomic E-state index is 14.3. The van der Waals surface area contributed by atoms with Crippen LogP contribution in [0.5, 0.6) is 0 Å². The van der Waals surface area contributed by atoms with Crippen LogP contribution in [0.1, 0.15) is 67.0 Å². The van der Waals surface area contributed by atoms with Gasteiger partial charge < -0.3 is 0 Å². The van der Waals surface area contributed by atoms with Gasteiger partial charge in [0.25, 0.3) is 0 Å². The van der Waals surface area contributed by atoms with Crippen LogP contribution >= 0.6 is 0 Å². The summed E-state index contributed by atoms with van der Waals surface area (Å²) in [6, 6.07) is 25.7. The number of halogens is 6. The largest absolute Gasteiger partial charge is 0.416 e. The molecule has 0 aromatic heterocycles. The van der Waals surface area contributed by atoms with Crippen LogP contribution in [-0.4, -0.2) is 0 Å². The molecule has 226 valence electrons. The Bertz CT molecular complexity index is 1690. The highest BCUT2D eigenvalue weighted by atomic mass is 19.4. The van der Waals surface area contributed by atoms with Gasteiger partial charge in [-0.25, -0.2) is 0 Å². The van der Waals surface area contributed by atoms with Gasteiger partial charge in [0.15, 0.2) is 0 Å². The van der Waals surface area contributed by atoms with Crippen molar-refractivity contribution in [1.29, 1.82) is 0 Å². The van der Waals surface area contributed by atoms with E-state index in [1.165, 1.54) is 12.1 Å². The fraction of sp³-hybridized carbons (Fsp3) is 0.263. The van der Waals surface area contributed by atoms with Crippen molar-refractivity contribution in [2.75, 3.05) is 0 Å². The number of alkyl halides is 6. The SMILES string of the molecule is CC1C=C(C(C)(C)C)C=C1C(c1cccc(C(F)(F)F)c1)(c1cccc(C(F)(F)F)c1)C1c2ccccc2-c2ccccc21. The fourth-order valence-corrected chi connectivity index (χ4v) is 7.15. The summed E-state index contributed by atoms with van der Waals surface area (Å²) in [6.07, 6.45) is -5.18. The summed E-state index contributed by atoms with van der Waals surface area (Å²) in [5, 5.41) is 0. The Kier molecular flexibility index (Phi) is 6.99. The van der Waals surface area contributed by atoms with Gasteiger partial charge in [-0.15, -0.1) is 0 Å². The molecule has 0 heterocycles. The smallest absolute Gasteiger partial charge is 0.166 e. The Morgan fingerprint density at radius 3 is 1.39 bits per heavy atom. The van der Waals surface area contributed by atoms with Gasteiger partial charge in [0.05, 0.1) is 16.5 Å². The molecule has 0 radical (unpaired) electrons. The molecule has 1 atom stereocenters. The minimum atomic E-state index is -4.65. The molecule has 4 aromatic carbocycles. The predicted octanol–water partition coefficient (Wildman–Crippen LogP) is 11.4. The lowest BCUT2D eigenvalue weighted by molar-refractivity contribution is -0.138. The van der Waals surface area contributed by atoms with E-state index in [4.69, 9.17) is 0 Å². The first kappa shape index (κ1) is 30.0. The standard InChI is InChI=1S/C38H32F6/c1-23-19-28(35(2,3)4)22-33(23)36(24-11-9-13-26(20-24)37(39,40)41,25-12-10-14-27(21-25)38(42,43)44)34-31-17-7-5-15-29(31)30-16-6-8-18-32(30)34/h5-23,34H,1-4H3. The molecule has 4 aromatic rings. The Hall–Kier alpha value is -4.06. The molecular formula is C38H32F6. The number of hydrogen-bond acceptors (Lipinski definition) is 0. The van der Waals surface area contributed by atoms with Gasteiger partial charge in [0, 0.05) is 5.92 Å². The van der Waals surface area contributed by atoms with E-state index in [1.54, 1.807) is 12.1 Å². The number of benzene rings is 4. The van der Waals surface area contributed by atoms with Gasteiger partial charge in [-0.3, -0.25) is 0 Å². The highest BCUT2D eigenvalue weighted by Crippen LogP contribution is 2.62. The molecule has 0 N–H and O–H groups in total. The first-order valence-electron chi connectivity index (χ1n) is 14.6. The predicted molar refractivity (Wildman–Crippen MR) is 162 cm³/mol. The van der Waals surface area contributed by atoms with Crippen LogP contribution in [0.15, 0.2) is 120 Å². The van der Waals surface area contributed by atoms with Gasteiger partial charge in [-0.1, -0.05) is 125 Å². The summed E-state index contributed by atoms with van der Waals surface area (Å²) in [4.78, 5) is 0. The van der Waals surface area contributed by atoms with Crippen molar-refractivity contribution in [3.05, 3.63) is 154 Å². The summed E-state index contributed by atoms with van der Waals surface area (Å²) >= 11 is 0. The van der Waals surface area contributed by atoms with Crippen LogP contribution in [0, 0.1) is 11.3 Å². The van der Waals surface area contributed by atoms with E-state index < -0.39 is 34.8 Å². The van der Waals surface area contributed by atoms with Crippen molar-refractivity contribution >= 4 is 0 Å². The highest BCUT2D eigenvalue weighted by molar-refractivity contribution is 5.82. The molecule has 0 saturated heterocycles. The van der Waals surface area contributed by atoms with Gasteiger partial charge in [0.2, 0.25) is 0 Å². The maximum absolute atomic E-state index is 14.3. The first-order chi connectivity index (χ1) is 20.6. The van der Waals surface area contributed by atoms with Crippen molar-refractivity contribution < 1.29 is 26.3 Å². The minimum absolute atomic E-state index is 0.270. The second kappa shape index (κ2) is 10.3. The molecule has 2 aliphatic rings. The molecule has 0 amide bonds. The van der Waals surface area contributed by atoms with E-state index in [0.29, 0.717) is 11.1 Å². The molecule has 0 nitrogen and oxygen atoms in total. The van der Waals surface area contributed by atoms with Gasteiger partial charge in [-0.05, 0) is 68.0 Å². The molecule has 0 aliphatic heterocycles. The van der Waals surface area contributed by atoms with Gasteiger partial charge >= 0.3 is 12.4 Å². The van der Waals surface area contributed by atoms with Crippen LogP contribution in [0.3, 0.4) is 0 Å². The average molecular weight is 603 g/mol. The van der Waals surface area contributed by atoms with Crippen molar-refractivity contribution in [2.24, 2.45) is 11.3 Å². The number of fused-ring (bicyclic) bond motifs is 3. The van der Waals surface area contributed by atoms with Gasteiger partial charge in [0.1, 0.15) is 0 Å². The Balaban J connectivity index is 1.81. The first-order valence-corrected chi connectivity index (χ1v) is 14.6. The normalized spacial score (nSPS) is 17.3. The lowest BCUT2D eigenvalue weighted by Crippen LogP contribution is -2.39. The second-order valence-corrected chi connectivity index (χ2v) is 12.8. The van der Waals surface area contributed by atoms with Crippen LogP contribution in [-0.2, 0) is 17.8 Å². The van der Waals surface area contributed by atoms with E-state index in [-0.39, 0.29) is 11.3 Å². The lowest BCUT2D eigenvalue weighted by Gasteiger charge is -2.45. The Morgan fingerprint density at radius 1 is 0.545 bits per heavy atom. The van der Waals surface area contributed by atoms with Crippen LogP contribution in [0.4, 0.5) is 26.3 Å². The van der Waals surface area contributed by atoms with Crippen LogP contribution in [0.25, 0.3) is 11.1 Å². The third kappa shape index (κ3) is 4.79. The summed E-state index contributed by atoms with van der Waals surface area (Å²) in [7, 11) is 0. The molecule has 0 spiro atoms. The average Bonchev–Trinajstić information content (AvgIpc) is 3.53. The lowest BCUT2D eigenvalue weighted by atomic mass is 9.57.